The van der Waals surface area contributed by atoms with E-state index in [4.69, 9.17) is 64.2 Å². The zero-order valence-corrected chi connectivity index (χ0v) is 44.2. The van der Waals surface area contributed by atoms with E-state index in [2.05, 4.69) is 83.6 Å². The van der Waals surface area contributed by atoms with Gasteiger partial charge in [-0.15, -0.1) is 0 Å². The fraction of sp³-hybridized carbons (Fsp3) is 0.323. The normalized spacial score (nSPS) is 19.5. The molecule has 0 unspecified atom stereocenters. The predicted molar refractivity (Wildman–Crippen MR) is 307 cm³/mol. The number of morpholine rings is 2. The van der Waals surface area contributed by atoms with Crippen LogP contribution in [0, 0.1) is 13.1 Å². The van der Waals surface area contributed by atoms with Crippen molar-refractivity contribution >= 4 is 63.5 Å². The minimum atomic E-state index is -1.05. The molecule has 4 aromatic heterocycles. The van der Waals surface area contributed by atoms with Gasteiger partial charge in [-0.25, -0.2) is 19.7 Å². The van der Waals surface area contributed by atoms with E-state index in [0.29, 0.717) is 22.3 Å². The van der Waals surface area contributed by atoms with Crippen molar-refractivity contribution in [2.75, 3.05) is 36.0 Å². The summed E-state index contributed by atoms with van der Waals surface area (Å²) in [4.78, 5) is 30.9. The van der Waals surface area contributed by atoms with E-state index >= 15 is 0 Å². The summed E-state index contributed by atoms with van der Waals surface area (Å²) in [7, 11) is -1.05. The Morgan fingerprint density at radius 1 is 0.513 bits per heavy atom. The average Bonchev–Trinajstić information content (AvgIpc) is 3.40. The molecule has 2 saturated heterocycles. The van der Waals surface area contributed by atoms with Crippen LogP contribution < -0.4 is 9.80 Å². The molecule has 8 aromatic rings. The minimum Gasteiger partial charge on any atom is -0.427 e. The molecule has 4 aromatic carbocycles. The van der Waals surface area contributed by atoms with Crippen molar-refractivity contribution in [1.82, 2.24) is 19.9 Å². The Bertz CT molecular complexity index is 3380. The van der Waals surface area contributed by atoms with E-state index in [1.54, 1.807) is 0 Å². The molecule has 2 aliphatic heterocycles. The molecule has 0 radical (unpaired) electrons. The van der Waals surface area contributed by atoms with Crippen LogP contribution in [-0.2, 0) is 9.47 Å². The molecular formula is C62H62BClN8O4. The van der Waals surface area contributed by atoms with Gasteiger partial charge in [0.2, 0.25) is 0 Å². The first-order valence-electron chi connectivity index (χ1n) is 26.5. The number of fused-ring (bicyclic) bond motifs is 2. The van der Waals surface area contributed by atoms with Crippen molar-refractivity contribution in [3.8, 4) is 44.5 Å². The number of para-hydroxylation sites is 2. The molecule has 0 amide bonds. The lowest BCUT2D eigenvalue weighted by Crippen LogP contribution is -2.45. The molecule has 76 heavy (non-hydrogen) atoms. The molecule has 384 valence electrons. The number of rotatable bonds is 8. The van der Waals surface area contributed by atoms with E-state index in [1.165, 1.54) is 42.2 Å². The maximum absolute atomic E-state index is 8.43. The highest BCUT2D eigenvalue weighted by Crippen LogP contribution is 2.46. The number of hydrogen-bond donors (Lipinski definition) is 2. The fourth-order valence-corrected chi connectivity index (χ4v) is 11.1. The number of aromatic nitrogens is 4. The lowest BCUT2D eigenvalue weighted by molar-refractivity contribution is -0.00572. The van der Waals surface area contributed by atoms with E-state index in [9.17, 15) is 0 Å². The summed E-state index contributed by atoms with van der Waals surface area (Å²) in [6.45, 7) is 26.2. The molecule has 0 spiro atoms. The summed E-state index contributed by atoms with van der Waals surface area (Å²) >= 11 is 6.88. The van der Waals surface area contributed by atoms with Crippen LogP contribution >= 0.6 is 11.6 Å². The third-order valence-electron chi connectivity index (χ3n) is 15.1. The van der Waals surface area contributed by atoms with Crippen LogP contribution in [0.4, 0.5) is 23.0 Å². The number of pyridine rings is 4. The van der Waals surface area contributed by atoms with Gasteiger partial charge in [0.15, 0.2) is 11.4 Å². The highest BCUT2D eigenvalue weighted by molar-refractivity contribution is 6.43. The van der Waals surface area contributed by atoms with Gasteiger partial charge in [0, 0.05) is 95.1 Å². The molecule has 2 saturated carbocycles. The first-order valence-corrected chi connectivity index (χ1v) is 26.9. The quantitative estimate of drug-likeness (QED) is 0.112. The van der Waals surface area contributed by atoms with E-state index in [-0.39, 0.29) is 30.2 Å². The van der Waals surface area contributed by atoms with Crippen molar-refractivity contribution in [2.45, 2.75) is 102 Å². The number of anilines is 2. The van der Waals surface area contributed by atoms with Gasteiger partial charge in [0.25, 0.3) is 0 Å². The smallest absolute Gasteiger partial charge is 0.427 e. The third-order valence-corrected chi connectivity index (χ3v) is 15.5. The highest BCUT2D eigenvalue weighted by Gasteiger charge is 2.30. The molecular weight excluding hydrogens is 967 g/mol. The lowest BCUT2D eigenvalue weighted by Gasteiger charge is -2.36. The molecule has 4 atom stereocenters. The molecule has 12 nitrogen and oxygen atoms in total. The summed E-state index contributed by atoms with van der Waals surface area (Å²) < 4.78 is 11.7. The van der Waals surface area contributed by atoms with Gasteiger partial charge in [-0.1, -0.05) is 122 Å². The van der Waals surface area contributed by atoms with Gasteiger partial charge < -0.3 is 29.3 Å². The van der Waals surface area contributed by atoms with Crippen molar-refractivity contribution in [1.29, 1.82) is 0 Å². The Morgan fingerprint density at radius 2 is 0.947 bits per heavy atom. The van der Waals surface area contributed by atoms with Crippen molar-refractivity contribution in [3.05, 3.63) is 167 Å². The van der Waals surface area contributed by atoms with Crippen molar-refractivity contribution in [3.63, 3.8) is 0 Å². The maximum atomic E-state index is 8.43. The fourth-order valence-electron chi connectivity index (χ4n) is 10.8. The Labute approximate surface area is 451 Å². The number of benzene rings is 4. The van der Waals surface area contributed by atoms with E-state index in [0.717, 1.165) is 106 Å². The third kappa shape index (κ3) is 11.5. The molecule has 12 rings (SSSR count). The summed E-state index contributed by atoms with van der Waals surface area (Å²) in [6.07, 6.45) is 15.4. The predicted octanol–water partition coefficient (Wildman–Crippen LogP) is 14.2. The number of hydrogen-bond acceptors (Lipinski definition) is 10. The maximum Gasteiger partial charge on any atom is 0.454 e. The Kier molecular flexibility index (Phi) is 16.0. The summed E-state index contributed by atoms with van der Waals surface area (Å²) in [5.41, 5.74) is 12.8. The van der Waals surface area contributed by atoms with Crippen LogP contribution in [0.15, 0.2) is 134 Å². The lowest BCUT2D eigenvalue weighted by atomic mass is 9.61. The molecule has 2 aliphatic carbocycles. The molecule has 2 N–H and O–H groups in total. The second kappa shape index (κ2) is 23.3. The van der Waals surface area contributed by atoms with Gasteiger partial charge in [-0.3, -0.25) is 9.97 Å². The average molecular weight is 1030 g/mol. The zero-order valence-electron chi connectivity index (χ0n) is 43.5. The summed E-state index contributed by atoms with van der Waals surface area (Å²) in [6, 6.07) is 36.3. The first kappa shape index (κ1) is 52.2. The van der Waals surface area contributed by atoms with E-state index < -0.39 is 7.12 Å². The van der Waals surface area contributed by atoms with Crippen LogP contribution in [0.2, 0.25) is 10.8 Å². The van der Waals surface area contributed by atoms with Gasteiger partial charge >= 0.3 is 7.12 Å². The highest BCUT2D eigenvalue weighted by atomic mass is 35.5. The SMILES string of the molecule is OB(O)C1CCC1.[C-]#[N+]c1ccc(-c2cccc3c(C4CCC4)c(-c4ccc(N5C[C@@H](C)O[C@@H](C)C5)nc4)cnc23)cc1.[C-]#[N+]c1ccc(-c2cccc3c(Cl)c(-c4ccc(N5C[C@@H](C)O[C@@H](C)C5)nc4)cnc23)cc1. The van der Waals surface area contributed by atoms with Gasteiger partial charge in [0.1, 0.15) is 11.6 Å². The van der Waals surface area contributed by atoms with E-state index in [1.807, 2.05) is 97.6 Å². The van der Waals surface area contributed by atoms with Gasteiger partial charge in [-0.05, 0) is 93.2 Å². The van der Waals surface area contributed by atoms with Crippen LogP contribution in [0.5, 0.6) is 0 Å². The second-order valence-electron chi connectivity index (χ2n) is 20.7. The number of halogens is 1. The Balaban J connectivity index is 0.000000154. The van der Waals surface area contributed by atoms with Crippen molar-refractivity contribution < 1.29 is 19.5 Å². The molecule has 4 aliphatic rings. The standard InChI is InChI=1S/C31H30N4O.C27H23ClN4O.C4H9BO2/c1-20-18-35(19-21(2)36-20)29-15-12-24(16-33-29)28-17-34-31-26(22-10-13-25(32-3)14-11-22)8-5-9-27(31)30(28)23-6-4-7-23;1-17-15-32(16-18(2)33-17)25-12-9-20(13-30-25)24-14-31-27-22(5-4-6-23(27)26(24)28)19-7-10-21(29-3)11-8-19;6-5(7)4-2-1-3-4/h5,8-17,20-21,23H,4,6-7,18-19H2,1-2H3;4-14,17-18H,15-16H2,1-2H3;4,6-7H,1-3H2/t20-,21+;17-,18+;. The van der Waals surface area contributed by atoms with Crippen molar-refractivity contribution in [2.24, 2.45) is 0 Å². The van der Waals surface area contributed by atoms with Crippen LogP contribution in [-0.4, -0.2) is 87.7 Å². The second-order valence-corrected chi connectivity index (χ2v) is 21.0. The Hall–Kier alpha value is -7.23. The molecule has 14 heteroatoms. The summed E-state index contributed by atoms with van der Waals surface area (Å²) in [5.74, 6) is 2.69. The van der Waals surface area contributed by atoms with Crippen LogP contribution in [0.1, 0.15) is 77.7 Å². The summed E-state index contributed by atoms with van der Waals surface area (Å²) in [5, 5.41) is 19.6. The van der Waals surface area contributed by atoms with Crippen LogP contribution in [0.3, 0.4) is 0 Å². The minimum absolute atomic E-state index is 0.182. The Morgan fingerprint density at radius 3 is 1.34 bits per heavy atom. The van der Waals surface area contributed by atoms with Gasteiger partial charge in [-0.2, -0.15) is 0 Å². The van der Waals surface area contributed by atoms with Gasteiger partial charge in [0.05, 0.1) is 53.6 Å². The number of ether oxygens (including phenoxy) is 2. The molecule has 4 fully saturated rings. The largest absolute Gasteiger partial charge is 0.454 e. The monoisotopic (exact) mass is 1030 g/mol. The molecule has 0 bridgehead atoms. The molecule has 6 heterocycles. The first-order chi connectivity index (χ1) is 36.9. The topological polar surface area (TPSA) is 126 Å². The number of nitrogens with zero attached hydrogens (tertiary/aromatic N) is 8. The zero-order chi connectivity index (χ0) is 52.9. The van der Waals surface area contributed by atoms with Crippen LogP contribution in [0.25, 0.3) is 76.0 Å².